The molecule has 0 radical (unpaired) electrons. The second-order valence-corrected chi connectivity index (χ2v) is 9.58. The summed E-state index contributed by atoms with van der Waals surface area (Å²) in [5.74, 6) is -1.82. The second-order valence-electron chi connectivity index (χ2n) is 7.90. The van der Waals surface area contributed by atoms with E-state index in [1.165, 1.54) is 12.1 Å². The first-order valence-corrected chi connectivity index (χ1v) is 12.3. The minimum absolute atomic E-state index is 0.00636. The van der Waals surface area contributed by atoms with Crippen LogP contribution in [-0.2, 0) is 24.4 Å². The molecule has 1 saturated heterocycles. The number of piperidine rings is 1. The molecule has 13 nitrogen and oxygen atoms in total. The highest BCUT2D eigenvalue weighted by atomic mass is 32.2. The van der Waals surface area contributed by atoms with E-state index in [1.54, 1.807) is 0 Å². The number of nitro benzene ring substituents is 1. The van der Waals surface area contributed by atoms with Crippen LogP contribution in [0.3, 0.4) is 0 Å². The molecule has 2 amide bonds. The van der Waals surface area contributed by atoms with Gasteiger partial charge in [-0.1, -0.05) is 12.1 Å². The number of carbonyl (C=O) groups is 3. The van der Waals surface area contributed by atoms with E-state index >= 15 is 0 Å². The lowest BCUT2D eigenvalue weighted by Crippen LogP contribution is -2.49. The summed E-state index contributed by atoms with van der Waals surface area (Å²) in [7, 11) is -4.52. The molecule has 1 heterocycles. The molecule has 5 N–H and O–H groups in total. The number of carbonyl (C=O) groups excluding carboxylic acids is 2. The van der Waals surface area contributed by atoms with Gasteiger partial charge in [-0.3, -0.25) is 24.5 Å². The summed E-state index contributed by atoms with van der Waals surface area (Å²) in [4.78, 5) is 44.9. The predicted octanol–water partition coefficient (Wildman–Crippen LogP) is 0.0762. The third-order valence-electron chi connectivity index (χ3n) is 5.28. The number of nitro groups is 1. The van der Waals surface area contributed by atoms with Gasteiger partial charge in [0.15, 0.2) is 4.90 Å². The number of hydrogen-bond acceptors (Lipinski definition) is 8. The van der Waals surface area contributed by atoms with Gasteiger partial charge in [-0.25, -0.2) is 8.42 Å². The van der Waals surface area contributed by atoms with Crippen LogP contribution in [0.5, 0.6) is 0 Å². The van der Waals surface area contributed by atoms with Gasteiger partial charge in [0.1, 0.15) is 6.17 Å². The Bertz CT molecular complexity index is 994. The maximum Gasteiger partial charge on any atom is 0.306 e. The van der Waals surface area contributed by atoms with Crippen molar-refractivity contribution in [2.75, 3.05) is 19.6 Å². The van der Waals surface area contributed by atoms with Crippen LogP contribution in [0.15, 0.2) is 29.2 Å². The lowest BCUT2D eigenvalue weighted by atomic mass is 9.93. The third kappa shape index (κ3) is 9.03. The number of carboxylic acid groups (broad SMARTS) is 1. The van der Waals surface area contributed by atoms with E-state index in [9.17, 15) is 32.9 Å². The average Bonchev–Trinajstić information content (AvgIpc) is 2.77. The molecule has 1 atom stereocenters. The molecule has 0 saturated carbocycles. The van der Waals surface area contributed by atoms with E-state index in [0.717, 1.165) is 44.5 Å². The second kappa shape index (κ2) is 13.0. The number of hydrogen-bond donors (Lipinski definition) is 5. The van der Waals surface area contributed by atoms with Crippen molar-refractivity contribution < 1.29 is 32.8 Å². The topological polar surface area (TPSA) is 197 Å². The van der Waals surface area contributed by atoms with Gasteiger partial charge in [0.05, 0.1) is 11.3 Å². The zero-order chi connectivity index (χ0) is 25.1. The molecule has 2 rings (SSSR count). The normalized spacial score (nSPS) is 15.3. The van der Waals surface area contributed by atoms with Gasteiger partial charge in [0, 0.05) is 25.5 Å². The minimum Gasteiger partial charge on any atom is -0.481 e. The maximum absolute atomic E-state index is 12.6. The summed E-state index contributed by atoms with van der Waals surface area (Å²) in [6.07, 6.45) is 0.574. The largest absolute Gasteiger partial charge is 0.481 e. The van der Waals surface area contributed by atoms with Gasteiger partial charge in [0.2, 0.25) is 21.8 Å². The Balaban J connectivity index is 1.88. The lowest BCUT2D eigenvalue weighted by molar-refractivity contribution is -0.387. The highest BCUT2D eigenvalue weighted by Gasteiger charge is 2.29. The van der Waals surface area contributed by atoms with Crippen molar-refractivity contribution >= 4 is 33.5 Å². The molecule has 188 valence electrons. The van der Waals surface area contributed by atoms with Crippen LogP contribution in [0.1, 0.15) is 38.5 Å². The van der Waals surface area contributed by atoms with Crippen LogP contribution in [0.4, 0.5) is 5.69 Å². The third-order valence-corrected chi connectivity index (χ3v) is 6.79. The molecule has 0 aliphatic carbocycles. The number of rotatable bonds is 13. The van der Waals surface area contributed by atoms with Crippen molar-refractivity contribution in [3.63, 3.8) is 0 Å². The Hall–Kier alpha value is -3.10. The van der Waals surface area contributed by atoms with Crippen LogP contribution < -0.4 is 20.7 Å². The summed E-state index contributed by atoms with van der Waals surface area (Å²) >= 11 is 0. The zero-order valence-electron chi connectivity index (χ0n) is 18.5. The lowest BCUT2D eigenvalue weighted by Gasteiger charge is -2.22. The number of amides is 2. The fourth-order valence-electron chi connectivity index (χ4n) is 3.56. The van der Waals surface area contributed by atoms with Crippen molar-refractivity contribution in [2.24, 2.45) is 5.92 Å². The Labute approximate surface area is 196 Å². The molecule has 1 aliphatic heterocycles. The van der Waals surface area contributed by atoms with E-state index in [-0.39, 0.29) is 18.9 Å². The summed E-state index contributed by atoms with van der Waals surface area (Å²) in [6, 6.07) is 4.56. The van der Waals surface area contributed by atoms with Crippen molar-refractivity contribution in [2.45, 2.75) is 49.6 Å². The standard InChI is InChI=1S/C20H29N5O8S/c26-18(6-5-14-7-10-21-11-8-14)22-12-9-19(27)23-17(13-20(28)29)24-34(32,33)16-4-2-1-3-15(16)25(30)31/h1-4,14,17,21,24H,5-13H2,(H,22,26)(H,23,27)(H,28,29). The molecule has 1 unspecified atom stereocenters. The van der Waals surface area contributed by atoms with Crippen molar-refractivity contribution in [3.05, 3.63) is 34.4 Å². The molecule has 1 fully saturated rings. The molecule has 0 spiro atoms. The molecule has 14 heteroatoms. The Morgan fingerprint density at radius 2 is 1.82 bits per heavy atom. The molecule has 0 aromatic heterocycles. The van der Waals surface area contributed by atoms with Crippen LogP contribution in [0, 0.1) is 16.0 Å². The Morgan fingerprint density at radius 3 is 2.47 bits per heavy atom. The molecular formula is C20H29N5O8S. The van der Waals surface area contributed by atoms with Crippen LogP contribution >= 0.6 is 0 Å². The van der Waals surface area contributed by atoms with Crippen molar-refractivity contribution in [1.82, 2.24) is 20.7 Å². The number of carboxylic acids is 1. The fraction of sp³-hybridized carbons (Fsp3) is 0.550. The van der Waals surface area contributed by atoms with Crippen molar-refractivity contribution in [1.29, 1.82) is 0 Å². The predicted molar refractivity (Wildman–Crippen MR) is 120 cm³/mol. The number of nitrogens with zero attached hydrogens (tertiary/aromatic N) is 1. The molecular weight excluding hydrogens is 470 g/mol. The number of nitrogens with one attached hydrogen (secondary N) is 4. The van der Waals surface area contributed by atoms with Gasteiger partial charge < -0.3 is 21.1 Å². The minimum atomic E-state index is -4.52. The Morgan fingerprint density at radius 1 is 1.15 bits per heavy atom. The van der Waals surface area contributed by atoms with Crippen LogP contribution in [0.2, 0.25) is 0 Å². The summed E-state index contributed by atoms with van der Waals surface area (Å²) < 4.78 is 27.2. The maximum atomic E-state index is 12.6. The zero-order valence-corrected chi connectivity index (χ0v) is 19.3. The van der Waals surface area contributed by atoms with Gasteiger partial charge >= 0.3 is 5.97 Å². The van der Waals surface area contributed by atoms with Gasteiger partial charge in [-0.2, -0.15) is 4.72 Å². The summed E-state index contributed by atoms with van der Waals surface area (Å²) in [6.45, 7) is 1.87. The quantitative estimate of drug-likeness (QED) is 0.142. The summed E-state index contributed by atoms with van der Waals surface area (Å²) in [5, 5.41) is 28.3. The fourth-order valence-corrected chi connectivity index (χ4v) is 4.88. The molecule has 1 aromatic rings. The number of benzene rings is 1. The first kappa shape index (κ1) is 27.1. The van der Waals surface area contributed by atoms with Gasteiger partial charge in [0.25, 0.3) is 5.69 Å². The number of sulfonamides is 1. The SMILES string of the molecule is O=C(O)CC(NC(=O)CCNC(=O)CCC1CCNCC1)NS(=O)(=O)c1ccccc1[N+](=O)[O-]. The van der Waals surface area contributed by atoms with E-state index in [2.05, 4.69) is 16.0 Å². The highest BCUT2D eigenvalue weighted by Crippen LogP contribution is 2.23. The van der Waals surface area contributed by atoms with Crippen molar-refractivity contribution in [3.8, 4) is 0 Å². The van der Waals surface area contributed by atoms with Gasteiger partial charge in [-0.05, 0) is 44.3 Å². The molecule has 34 heavy (non-hydrogen) atoms. The van der Waals surface area contributed by atoms with E-state index < -0.39 is 50.0 Å². The highest BCUT2D eigenvalue weighted by molar-refractivity contribution is 7.89. The first-order valence-electron chi connectivity index (χ1n) is 10.8. The van der Waals surface area contributed by atoms with Crippen LogP contribution in [-0.4, -0.2) is 62.0 Å². The number of aliphatic carboxylic acids is 1. The smallest absolute Gasteiger partial charge is 0.306 e. The Kier molecular flexibility index (Phi) is 10.3. The van der Waals surface area contributed by atoms with Crippen LogP contribution in [0.25, 0.3) is 0 Å². The summed E-state index contributed by atoms with van der Waals surface area (Å²) in [5.41, 5.74) is -0.692. The average molecular weight is 500 g/mol. The molecule has 0 bridgehead atoms. The monoisotopic (exact) mass is 499 g/mol. The molecule has 1 aromatic carbocycles. The first-order chi connectivity index (χ1) is 16.1. The van der Waals surface area contributed by atoms with E-state index in [0.29, 0.717) is 12.3 Å². The van der Waals surface area contributed by atoms with Gasteiger partial charge in [-0.15, -0.1) is 0 Å². The molecule has 1 aliphatic rings. The van der Waals surface area contributed by atoms with E-state index in [4.69, 9.17) is 5.11 Å². The van der Waals surface area contributed by atoms with E-state index in [1.807, 2.05) is 4.72 Å². The number of para-hydroxylation sites is 1.